The van der Waals surface area contributed by atoms with E-state index < -0.39 is 30.4 Å². The quantitative estimate of drug-likeness (QED) is 0.258. The van der Waals surface area contributed by atoms with E-state index in [-0.39, 0.29) is 46.5 Å². The van der Waals surface area contributed by atoms with Crippen molar-refractivity contribution in [3.05, 3.63) is 76.1 Å². The average molecular weight is 604 g/mol. The maximum atomic E-state index is 13.5. The fourth-order valence-corrected chi connectivity index (χ4v) is 4.61. The van der Waals surface area contributed by atoms with Crippen LogP contribution in [0.1, 0.15) is 49.5 Å². The van der Waals surface area contributed by atoms with Crippen molar-refractivity contribution in [2.75, 3.05) is 25.6 Å². The number of ether oxygens (including phenoxy) is 4. The number of esters is 2. The minimum atomic E-state index is -3.21. The highest BCUT2D eigenvalue weighted by Crippen LogP contribution is 2.44. The molecule has 0 unspecified atom stereocenters. The van der Waals surface area contributed by atoms with Crippen molar-refractivity contribution in [1.82, 2.24) is 10.6 Å². The minimum absolute atomic E-state index is 0.0113. The number of amides is 1. The van der Waals surface area contributed by atoms with Crippen molar-refractivity contribution in [2.45, 2.75) is 40.2 Å². The third kappa shape index (κ3) is 7.60. The summed E-state index contributed by atoms with van der Waals surface area (Å²) >= 11 is 5.30. The zero-order valence-electron chi connectivity index (χ0n) is 23.6. The van der Waals surface area contributed by atoms with Crippen LogP contribution in [0.5, 0.6) is 11.5 Å². The maximum absolute atomic E-state index is 13.5. The van der Waals surface area contributed by atoms with Gasteiger partial charge in [0.05, 0.1) is 37.4 Å². The van der Waals surface area contributed by atoms with Crippen LogP contribution in [0.15, 0.2) is 65.0 Å². The van der Waals surface area contributed by atoms with E-state index in [0.29, 0.717) is 22.7 Å². The number of methoxy groups -OCH3 is 1. The summed E-state index contributed by atoms with van der Waals surface area (Å²) in [6.07, 6.45) is 0. The van der Waals surface area contributed by atoms with Gasteiger partial charge in [0, 0.05) is 28.2 Å². The summed E-state index contributed by atoms with van der Waals surface area (Å²) in [5.41, 5.74) is 1.34. The number of benzene rings is 2. The molecule has 0 aromatic heterocycles. The van der Waals surface area contributed by atoms with Gasteiger partial charge >= 0.3 is 18.6 Å². The van der Waals surface area contributed by atoms with Crippen molar-refractivity contribution >= 4 is 40.9 Å². The second kappa shape index (κ2) is 14.4. The molecule has 3 rings (SSSR count). The fourth-order valence-electron chi connectivity index (χ4n) is 4.40. The molecule has 13 heteroatoms. The van der Waals surface area contributed by atoms with Crippen LogP contribution in [0, 0.1) is 0 Å². The standard InChI is InChI=1S/C29H31F2N3O7S/c1-6-39-26(36)22-15(3)32-16(4)23(27(37)40-7-2)24(22)20-14-18(10-13-21(20)41-28(30)31)33-29(42)34-25(35)17-8-11-19(38-5)12-9-17/h8-14,24,28,32H,6-7H2,1-5H3,(H2,33,34,35,42). The van der Waals surface area contributed by atoms with Crippen LogP contribution in [0.2, 0.25) is 0 Å². The first-order valence-corrected chi connectivity index (χ1v) is 13.3. The molecular weight excluding hydrogens is 572 g/mol. The first kappa shape index (κ1) is 32.0. The van der Waals surface area contributed by atoms with Crippen LogP contribution in [0.3, 0.4) is 0 Å². The molecule has 0 saturated carbocycles. The first-order chi connectivity index (χ1) is 20.0. The SMILES string of the molecule is CCOC(=O)C1=C(C)NC(C)=C(C(=O)OCC)C1c1cc(NC(=S)NC(=O)c2ccc(OC)cc2)ccc1OC(F)F. The number of carbonyl (C=O) groups excluding carboxylic acids is 3. The maximum Gasteiger partial charge on any atom is 0.387 e. The fraction of sp³-hybridized carbons (Fsp3) is 0.310. The Bertz CT molecular complexity index is 1380. The number of carbonyl (C=O) groups is 3. The largest absolute Gasteiger partial charge is 0.497 e. The van der Waals surface area contributed by atoms with Gasteiger partial charge in [0.1, 0.15) is 11.5 Å². The molecule has 0 spiro atoms. The Balaban J connectivity index is 2.05. The number of alkyl halides is 2. The Morgan fingerprint density at radius 1 is 0.952 bits per heavy atom. The van der Waals surface area contributed by atoms with E-state index in [9.17, 15) is 23.2 Å². The smallest absolute Gasteiger partial charge is 0.387 e. The Morgan fingerprint density at radius 3 is 2.02 bits per heavy atom. The monoisotopic (exact) mass is 603 g/mol. The van der Waals surface area contributed by atoms with Crippen LogP contribution in [0.25, 0.3) is 0 Å². The van der Waals surface area contributed by atoms with Gasteiger partial charge in [-0.3, -0.25) is 10.1 Å². The number of dihydropyridines is 1. The van der Waals surface area contributed by atoms with Gasteiger partial charge in [-0.05, 0) is 82.4 Å². The summed E-state index contributed by atoms with van der Waals surface area (Å²) in [4.78, 5) is 38.9. The lowest BCUT2D eigenvalue weighted by Gasteiger charge is -2.31. The predicted octanol–water partition coefficient (Wildman–Crippen LogP) is 4.78. The Morgan fingerprint density at radius 2 is 1.52 bits per heavy atom. The van der Waals surface area contributed by atoms with Crippen molar-refractivity contribution in [1.29, 1.82) is 0 Å². The molecule has 2 aromatic carbocycles. The topological polar surface area (TPSA) is 124 Å². The van der Waals surface area contributed by atoms with Crippen LogP contribution in [-0.4, -0.2) is 49.9 Å². The zero-order chi connectivity index (χ0) is 31.0. The Hall–Kier alpha value is -4.52. The molecule has 0 saturated heterocycles. The summed E-state index contributed by atoms with van der Waals surface area (Å²) in [6, 6.07) is 10.4. The molecule has 0 aliphatic carbocycles. The third-order valence-electron chi connectivity index (χ3n) is 6.13. The molecule has 3 N–H and O–H groups in total. The number of halogens is 2. The van der Waals surface area contributed by atoms with E-state index in [1.54, 1.807) is 52.0 Å². The van der Waals surface area contributed by atoms with E-state index >= 15 is 0 Å². The molecule has 1 aliphatic heterocycles. The van der Waals surface area contributed by atoms with Gasteiger partial charge < -0.3 is 29.6 Å². The molecule has 1 heterocycles. The molecule has 0 fully saturated rings. The van der Waals surface area contributed by atoms with Gasteiger partial charge in [-0.1, -0.05) is 0 Å². The van der Waals surface area contributed by atoms with E-state index in [2.05, 4.69) is 16.0 Å². The first-order valence-electron chi connectivity index (χ1n) is 12.9. The second-order valence-corrected chi connectivity index (χ2v) is 9.25. The lowest BCUT2D eigenvalue weighted by atomic mass is 9.79. The molecule has 1 aliphatic rings. The third-order valence-corrected chi connectivity index (χ3v) is 6.33. The van der Waals surface area contributed by atoms with E-state index in [1.807, 2.05) is 0 Å². The number of nitrogens with one attached hydrogen (secondary N) is 3. The van der Waals surface area contributed by atoms with Crippen molar-refractivity contribution < 1.29 is 42.1 Å². The molecule has 0 radical (unpaired) electrons. The Kier molecular flexibility index (Phi) is 11.0. The van der Waals surface area contributed by atoms with E-state index in [0.717, 1.165) is 0 Å². The molecule has 2 aromatic rings. The van der Waals surface area contributed by atoms with Gasteiger partial charge in [-0.15, -0.1) is 0 Å². The molecule has 42 heavy (non-hydrogen) atoms. The second-order valence-electron chi connectivity index (χ2n) is 8.84. The summed E-state index contributed by atoms with van der Waals surface area (Å²) in [5, 5.41) is 8.27. The van der Waals surface area contributed by atoms with E-state index in [1.165, 1.54) is 25.3 Å². The lowest BCUT2D eigenvalue weighted by molar-refractivity contribution is -0.139. The normalized spacial score (nSPS) is 13.3. The number of hydrogen-bond acceptors (Lipinski definition) is 9. The number of thiocarbonyl (C=S) groups is 1. The average Bonchev–Trinajstić information content (AvgIpc) is 2.93. The number of rotatable bonds is 10. The summed E-state index contributed by atoms with van der Waals surface area (Å²) < 4.78 is 47.4. The van der Waals surface area contributed by atoms with Crippen molar-refractivity contribution in [3.8, 4) is 11.5 Å². The van der Waals surface area contributed by atoms with Gasteiger partial charge in [-0.2, -0.15) is 8.78 Å². The molecule has 224 valence electrons. The van der Waals surface area contributed by atoms with Gasteiger partial charge in [0.25, 0.3) is 5.91 Å². The highest BCUT2D eigenvalue weighted by atomic mass is 32.1. The molecule has 10 nitrogen and oxygen atoms in total. The van der Waals surface area contributed by atoms with Gasteiger partial charge in [0.2, 0.25) is 0 Å². The summed E-state index contributed by atoms with van der Waals surface area (Å²) in [5.74, 6) is -2.95. The number of allylic oxidation sites excluding steroid dienone is 2. The Labute approximate surface area is 247 Å². The molecule has 0 bridgehead atoms. The van der Waals surface area contributed by atoms with E-state index in [4.69, 9.17) is 31.2 Å². The summed E-state index contributed by atoms with van der Waals surface area (Å²) in [7, 11) is 1.50. The van der Waals surface area contributed by atoms with Crippen molar-refractivity contribution in [3.63, 3.8) is 0 Å². The van der Waals surface area contributed by atoms with Crippen LogP contribution in [0.4, 0.5) is 14.5 Å². The van der Waals surface area contributed by atoms with Crippen LogP contribution < -0.4 is 25.4 Å². The highest BCUT2D eigenvalue weighted by molar-refractivity contribution is 7.80. The lowest BCUT2D eigenvalue weighted by Crippen LogP contribution is -2.34. The van der Waals surface area contributed by atoms with Crippen LogP contribution >= 0.6 is 12.2 Å². The molecule has 1 amide bonds. The molecular formula is C29H31F2N3O7S. The van der Waals surface area contributed by atoms with Gasteiger partial charge in [0.15, 0.2) is 5.11 Å². The van der Waals surface area contributed by atoms with Gasteiger partial charge in [-0.25, -0.2) is 9.59 Å². The highest BCUT2D eigenvalue weighted by Gasteiger charge is 2.40. The summed E-state index contributed by atoms with van der Waals surface area (Å²) in [6.45, 7) is 3.29. The molecule has 0 atom stereocenters. The van der Waals surface area contributed by atoms with Crippen molar-refractivity contribution in [2.24, 2.45) is 0 Å². The van der Waals surface area contributed by atoms with Crippen LogP contribution in [-0.2, 0) is 19.1 Å². The zero-order valence-corrected chi connectivity index (χ0v) is 24.4. The minimum Gasteiger partial charge on any atom is -0.497 e. The number of anilines is 1. The predicted molar refractivity (Wildman–Crippen MR) is 154 cm³/mol. The number of hydrogen-bond donors (Lipinski definition) is 3.